The van der Waals surface area contributed by atoms with E-state index in [1.807, 2.05) is 0 Å². The maximum Gasteiger partial charge on any atom is 0.199 e. The van der Waals surface area contributed by atoms with Crippen LogP contribution in [-0.2, 0) is 4.74 Å². The van der Waals surface area contributed by atoms with Gasteiger partial charge in [0.25, 0.3) is 0 Å². The van der Waals surface area contributed by atoms with Gasteiger partial charge in [-0.05, 0) is 25.0 Å². The second-order valence-corrected chi connectivity index (χ2v) is 4.33. The van der Waals surface area contributed by atoms with Crippen molar-refractivity contribution in [1.29, 1.82) is 0 Å². The number of carbonyl (C=O) groups excluding carboxylic acids is 1. The highest BCUT2D eigenvalue weighted by Gasteiger charge is 2.16. The van der Waals surface area contributed by atoms with E-state index in [2.05, 4.69) is 6.58 Å². The topological polar surface area (TPSA) is 44.8 Å². The Kier molecular flexibility index (Phi) is 4.98. The van der Waals surface area contributed by atoms with Crippen molar-refractivity contribution in [1.82, 2.24) is 0 Å². The molecule has 1 aromatic carbocycles. The zero-order chi connectivity index (χ0) is 13.5. The highest BCUT2D eigenvalue weighted by molar-refractivity contribution is 5.79. The minimum atomic E-state index is -0.205. The molecule has 1 aliphatic rings. The number of rotatable bonds is 6. The van der Waals surface area contributed by atoms with Crippen LogP contribution >= 0.6 is 0 Å². The van der Waals surface area contributed by atoms with E-state index in [0.29, 0.717) is 23.7 Å². The van der Waals surface area contributed by atoms with Crippen molar-refractivity contribution >= 4 is 6.29 Å². The molecule has 2 rings (SSSR count). The standard InChI is InChI=1S/C15H18O4/c1-2-8-17-14-10-13(7-6-12(14)11-16)19-15-5-3-4-9-18-15/h2,6-7,10-11,15H,1,3-5,8-9H2. The zero-order valence-corrected chi connectivity index (χ0v) is 10.8. The molecule has 1 atom stereocenters. The summed E-state index contributed by atoms with van der Waals surface area (Å²) in [5, 5.41) is 0. The van der Waals surface area contributed by atoms with Crippen molar-refractivity contribution in [2.75, 3.05) is 13.2 Å². The maximum absolute atomic E-state index is 10.9. The average molecular weight is 262 g/mol. The maximum atomic E-state index is 10.9. The molecule has 0 N–H and O–H groups in total. The third-order valence-electron chi connectivity index (χ3n) is 2.87. The van der Waals surface area contributed by atoms with Crippen LogP contribution in [0.3, 0.4) is 0 Å². The predicted octanol–water partition coefficient (Wildman–Crippen LogP) is 2.97. The molecule has 19 heavy (non-hydrogen) atoms. The van der Waals surface area contributed by atoms with Crippen molar-refractivity contribution < 1.29 is 19.0 Å². The molecule has 1 aliphatic heterocycles. The lowest BCUT2D eigenvalue weighted by Crippen LogP contribution is -2.25. The lowest BCUT2D eigenvalue weighted by molar-refractivity contribution is -0.105. The summed E-state index contributed by atoms with van der Waals surface area (Å²) in [6.45, 7) is 4.67. The summed E-state index contributed by atoms with van der Waals surface area (Å²) < 4.78 is 16.7. The first-order valence-electron chi connectivity index (χ1n) is 6.44. The van der Waals surface area contributed by atoms with Crippen LogP contribution in [0.5, 0.6) is 11.5 Å². The monoisotopic (exact) mass is 262 g/mol. The Labute approximate surface area is 113 Å². The second kappa shape index (κ2) is 6.95. The Morgan fingerprint density at radius 2 is 2.32 bits per heavy atom. The van der Waals surface area contributed by atoms with Gasteiger partial charge in [-0.1, -0.05) is 12.7 Å². The summed E-state index contributed by atoms with van der Waals surface area (Å²) in [5.74, 6) is 1.15. The van der Waals surface area contributed by atoms with Gasteiger partial charge in [0.2, 0.25) is 0 Å². The molecule has 4 nitrogen and oxygen atoms in total. The normalized spacial score (nSPS) is 18.6. The number of aldehydes is 1. The van der Waals surface area contributed by atoms with Gasteiger partial charge in [0.1, 0.15) is 18.1 Å². The molecular formula is C15H18O4. The summed E-state index contributed by atoms with van der Waals surface area (Å²) in [4.78, 5) is 10.9. The molecule has 0 aliphatic carbocycles. The number of benzene rings is 1. The van der Waals surface area contributed by atoms with Crippen LogP contribution in [0.25, 0.3) is 0 Å². The highest BCUT2D eigenvalue weighted by atomic mass is 16.7. The van der Waals surface area contributed by atoms with Crippen molar-refractivity contribution in [3.8, 4) is 11.5 Å². The van der Waals surface area contributed by atoms with Crippen LogP contribution in [0.4, 0.5) is 0 Å². The van der Waals surface area contributed by atoms with E-state index >= 15 is 0 Å². The van der Waals surface area contributed by atoms with Crippen molar-refractivity contribution in [3.05, 3.63) is 36.4 Å². The third kappa shape index (κ3) is 3.83. The van der Waals surface area contributed by atoms with E-state index < -0.39 is 0 Å². The fraction of sp³-hybridized carbons (Fsp3) is 0.400. The molecule has 1 saturated heterocycles. The minimum absolute atomic E-state index is 0.205. The molecule has 1 unspecified atom stereocenters. The van der Waals surface area contributed by atoms with Gasteiger partial charge in [-0.15, -0.1) is 0 Å². The van der Waals surface area contributed by atoms with Crippen LogP contribution < -0.4 is 9.47 Å². The molecular weight excluding hydrogens is 244 g/mol. The first-order chi connectivity index (χ1) is 9.33. The molecule has 0 spiro atoms. The van der Waals surface area contributed by atoms with Crippen molar-refractivity contribution in [3.63, 3.8) is 0 Å². The Morgan fingerprint density at radius 3 is 3.00 bits per heavy atom. The molecule has 4 heteroatoms. The van der Waals surface area contributed by atoms with E-state index in [-0.39, 0.29) is 6.29 Å². The van der Waals surface area contributed by atoms with E-state index in [1.165, 1.54) is 0 Å². The van der Waals surface area contributed by atoms with Gasteiger partial charge in [-0.25, -0.2) is 0 Å². The van der Waals surface area contributed by atoms with Gasteiger partial charge in [0.05, 0.1) is 12.2 Å². The van der Waals surface area contributed by atoms with Gasteiger partial charge in [0, 0.05) is 12.5 Å². The van der Waals surface area contributed by atoms with E-state index in [9.17, 15) is 4.79 Å². The third-order valence-corrected chi connectivity index (χ3v) is 2.87. The summed E-state index contributed by atoms with van der Waals surface area (Å²) in [5.41, 5.74) is 0.499. The molecule has 0 saturated carbocycles. The number of ether oxygens (including phenoxy) is 3. The second-order valence-electron chi connectivity index (χ2n) is 4.33. The van der Waals surface area contributed by atoms with Gasteiger partial charge >= 0.3 is 0 Å². The van der Waals surface area contributed by atoms with Gasteiger partial charge in [-0.3, -0.25) is 4.79 Å². The lowest BCUT2D eigenvalue weighted by atomic mass is 10.2. The van der Waals surface area contributed by atoms with Gasteiger partial charge in [-0.2, -0.15) is 0 Å². The lowest BCUT2D eigenvalue weighted by Gasteiger charge is -2.23. The van der Waals surface area contributed by atoms with E-state index in [0.717, 1.165) is 32.2 Å². The highest BCUT2D eigenvalue weighted by Crippen LogP contribution is 2.26. The van der Waals surface area contributed by atoms with E-state index in [1.54, 1.807) is 24.3 Å². The van der Waals surface area contributed by atoms with Crippen LogP contribution in [0, 0.1) is 0 Å². The Morgan fingerprint density at radius 1 is 1.42 bits per heavy atom. The Bertz CT molecular complexity index is 436. The zero-order valence-electron chi connectivity index (χ0n) is 10.8. The Hall–Kier alpha value is -1.81. The number of hydrogen-bond donors (Lipinski definition) is 0. The summed E-state index contributed by atoms with van der Waals surface area (Å²) >= 11 is 0. The van der Waals surface area contributed by atoms with Crippen LogP contribution in [0.1, 0.15) is 29.6 Å². The van der Waals surface area contributed by atoms with Crippen LogP contribution in [0.2, 0.25) is 0 Å². The molecule has 1 heterocycles. The fourth-order valence-corrected chi connectivity index (χ4v) is 1.91. The quantitative estimate of drug-likeness (QED) is 0.584. The summed E-state index contributed by atoms with van der Waals surface area (Å²) in [6.07, 6.45) is 5.27. The molecule has 1 aromatic rings. The van der Waals surface area contributed by atoms with Gasteiger partial charge < -0.3 is 14.2 Å². The van der Waals surface area contributed by atoms with Crippen molar-refractivity contribution in [2.45, 2.75) is 25.6 Å². The molecule has 102 valence electrons. The molecule has 0 radical (unpaired) electrons. The summed E-state index contributed by atoms with van der Waals surface area (Å²) in [6, 6.07) is 5.15. The largest absolute Gasteiger partial charge is 0.489 e. The first kappa shape index (κ1) is 13.6. The van der Waals surface area contributed by atoms with Crippen LogP contribution in [-0.4, -0.2) is 25.8 Å². The Balaban J connectivity index is 2.07. The van der Waals surface area contributed by atoms with Crippen molar-refractivity contribution in [2.24, 2.45) is 0 Å². The SMILES string of the molecule is C=CCOc1cc(OC2CCCCO2)ccc1C=O. The summed E-state index contributed by atoms with van der Waals surface area (Å²) in [7, 11) is 0. The predicted molar refractivity (Wildman–Crippen MR) is 71.7 cm³/mol. The van der Waals surface area contributed by atoms with E-state index in [4.69, 9.17) is 14.2 Å². The fourth-order valence-electron chi connectivity index (χ4n) is 1.91. The van der Waals surface area contributed by atoms with Gasteiger partial charge in [0.15, 0.2) is 12.6 Å². The average Bonchev–Trinajstić information content (AvgIpc) is 2.46. The minimum Gasteiger partial charge on any atom is -0.489 e. The first-order valence-corrected chi connectivity index (χ1v) is 6.44. The molecule has 1 fully saturated rings. The molecule has 0 amide bonds. The molecule has 0 aromatic heterocycles. The smallest absolute Gasteiger partial charge is 0.199 e. The molecule has 0 bridgehead atoms. The number of hydrogen-bond acceptors (Lipinski definition) is 4. The number of carbonyl (C=O) groups is 1. The van der Waals surface area contributed by atoms with Crippen LogP contribution in [0.15, 0.2) is 30.9 Å².